The van der Waals surface area contributed by atoms with E-state index in [4.69, 9.17) is 5.11 Å². The van der Waals surface area contributed by atoms with E-state index in [0.717, 1.165) is 0 Å². The Morgan fingerprint density at radius 3 is 2.53 bits per heavy atom. The Hall–Kier alpha value is -1.10. The molecule has 0 fully saturated rings. The van der Waals surface area contributed by atoms with Crippen molar-refractivity contribution in [3.8, 4) is 0 Å². The number of aliphatic hydroxyl groups excluding tert-OH is 1. The largest absolute Gasteiger partial charge is 0.393 e. The molecule has 0 aliphatic carbocycles. The summed E-state index contributed by atoms with van der Waals surface area (Å²) in [4.78, 5) is 23.8. The number of amides is 2. The molecular weight excluding hydrogens is 196 g/mol. The van der Waals surface area contributed by atoms with Crippen molar-refractivity contribution in [3.63, 3.8) is 0 Å². The minimum Gasteiger partial charge on any atom is -0.393 e. The molecule has 0 rings (SSSR count). The molecule has 0 saturated heterocycles. The normalized spacial score (nSPS) is 12.0. The number of likely N-dealkylation sites (N-methyl/N-ethyl adjacent to an activating group) is 1. The van der Waals surface area contributed by atoms with Crippen LogP contribution in [0.5, 0.6) is 0 Å². The fourth-order valence-electron chi connectivity index (χ4n) is 0.939. The Morgan fingerprint density at radius 1 is 1.47 bits per heavy atom. The number of carbonyl (C=O) groups excluding carboxylic acids is 2. The van der Waals surface area contributed by atoms with Crippen LogP contribution >= 0.6 is 0 Å². The maximum Gasteiger partial charge on any atom is 0.241 e. The molecule has 5 nitrogen and oxygen atoms in total. The van der Waals surface area contributed by atoms with Gasteiger partial charge in [-0.2, -0.15) is 0 Å². The summed E-state index contributed by atoms with van der Waals surface area (Å²) >= 11 is 0. The molecular formula is C10H20N2O3. The number of aliphatic hydroxyl groups is 1. The van der Waals surface area contributed by atoms with E-state index in [1.54, 1.807) is 20.9 Å². The van der Waals surface area contributed by atoms with Crippen LogP contribution in [-0.4, -0.2) is 48.1 Å². The molecule has 0 aliphatic rings. The van der Waals surface area contributed by atoms with Gasteiger partial charge in [0.25, 0.3) is 0 Å². The van der Waals surface area contributed by atoms with E-state index in [1.165, 1.54) is 4.90 Å². The average molecular weight is 216 g/mol. The summed E-state index contributed by atoms with van der Waals surface area (Å²) in [5.74, 6) is -0.273. The van der Waals surface area contributed by atoms with Gasteiger partial charge in [0.1, 0.15) is 0 Å². The molecule has 1 atom stereocenters. The monoisotopic (exact) mass is 216 g/mol. The summed E-state index contributed by atoms with van der Waals surface area (Å²) < 4.78 is 0. The Morgan fingerprint density at radius 2 is 2.07 bits per heavy atom. The van der Waals surface area contributed by atoms with Gasteiger partial charge in [0.15, 0.2) is 0 Å². The van der Waals surface area contributed by atoms with Crippen LogP contribution in [0.1, 0.15) is 26.7 Å². The van der Waals surface area contributed by atoms with Gasteiger partial charge in [-0.1, -0.05) is 6.92 Å². The molecule has 88 valence electrons. The highest BCUT2D eigenvalue weighted by Gasteiger charge is 2.10. The average Bonchev–Trinajstić information content (AvgIpc) is 2.21. The lowest BCUT2D eigenvalue weighted by molar-refractivity contribution is -0.131. The van der Waals surface area contributed by atoms with Gasteiger partial charge >= 0.3 is 0 Å². The maximum absolute atomic E-state index is 11.4. The molecule has 15 heavy (non-hydrogen) atoms. The van der Waals surface area contributed by atoms with Crippen molar-refractivity contribution < 1.29 is 14.7 Å². The third-order valence-electron chi connectivity index (χ3n) is 2.07. The molecule has 0 radical (unpaired) electrons. The molecule has 0 aromatic carbocycles. The van der Waals surface area contributed by atoms with E-state index in [0.29, 0.717) is 19.4 Å². The summed E-state index contributed by atoms with van der Waals surface area (Å²) in [6, 6.07) is 0. The molecule has 0 bridgehead atoms. The second kappa shape index (κ2) is 7.23. The molecule has 0 aromatic heterocycles. The Bertz CT molecular complexity index is 217. The highest BCUT2D eigenvalue weighted by Crippen LogP contribution is 1.93. The molecule has 2 amide bonds. The van der Waals surface area contributed by atoms with E-state index in [2.05, 4.69) is 5.32 Å². The van der Waals surface area contributed by atoms with Crippen molar-refractivity contribution >= 4 is 11.8 Å². The SMILES string of the molecule is CCC(=O)NCC(=O)N(C)CCC(C)O. The fourth-order valence-corrected chi connectivity index (χ4v) is 0.939. The first-order valence-electron chi connectivity index (χ1n) is 5.16. The second-order valence-corrected chi connectivity index (χ2v) is 3.58. The molecule has 0 spiro atoms. The Labute approximate surface area is 90.5 Å². The van der Waals surface area contributed by atoms with Crippen molar-refractivity contribution in [1.29, 1.82) is 0 Å². The summed E-state index contributed by atoms with van der Waals surface area (Å²) in [5, 5.41) is 11.5. The highest BCUT2D eigenvalue weighted by molar-refractivity contribution is 5.84. The standard InChI is InChI=1S/C10H20N2O3/c1-4-9(14)11-7-10(15)12(3)6-5-8(2)13/h8,13H,4-7H2,1-3H3,(H,11,14). The van der Waals surface area contributed by atoms with E-state index >= 15 is 0 Å². The number of hydrogen-bond acceptors (Lipinski definition) is 3. The zero-order chi connectivity index (χ0) is 11.8. The van der Waals surface area contributed by atoms with Gasteiger partial charge in [0, 0.05) is 20.0 Å². The third-order valence-corrected chi connectivity index (χ3v) is 2.07. The van der Waals surface area contributed by atoms with E-state index in [-0.39, 0.29) is 18.4 Å². The number of rotatable bonds is 6. The van der Waals surface area contributed by atoms with Crippen LogP contribution in [0.25, 0.3) is 0 Å². The van der Waals surface area contributed by atoms with Crippen LogP contribution in [0.4, 0.5) is 0 Å². The molecule has 5 heteroatoms. The van der Waals surface area contributed by atoms with Crippen molar-refractivity contribution in [3.05, 3.63) is 0 Å². The fraction of sp³-hybridized carbons (Fsp3) is 0.800. The quantitative estimate of drug-likeness (QED) is 0.643. The lowest BCUT2D eigenvalue weighted by Crippen LogP contribution is -2.38. The smallest absolute Gasteiger partial charge is 0.241 e. The van der Waals surface area contributed by atoms with Gasteiger partial charge in [-0.3, -0.25) is 9.59 Å². The Balaban J connectivity index is 3.74. The van der Waals surface area contributed by atoms with Gasteiger partial charge in [-0.25, -0.2) is 0 Å². The Kier molecular flexibility index (Phi) is 6.70. The maximum atomic E-state index is 11.4. The lowest BCUT2D eigenvalue weighted by atomic mass is 10.3. The van der Waals surface area contributed by atoms with E-state index < -0.39 is 6.10 Å². The van der Waals surface area contributed by atoms with Crippen LogP contribution in [0, 0.1) is 0 Å². The number of nitrogens with one attached hydrogen (secondary N) is 1. The molecule has 0 aliphatic heterocycles. The van der Waals surface area contributed by atoms with E-state index in [9.17, 15) is 9.59 Å². The number of carbonyl (C=O) groups is 2. The molecule has 2 N–H and O–H groups in total. The first-order chi connectivity index (χ1) is 6.97. The third kappa shape index (κ3) is 6.90. The summed E-state index contributed by atoms with van der Waals surface area (Å²) in [6.07, 6.45) is 0.514. The van der Waals surface area contributed by atoms with Crippen LogP contribution in [0.3, 0.4) is 0 Å². The molecule has 0 heterocycles. The van der Waals surface area contributed by atoms with E-state index in [1.807, 2.05) is 0 Å². The zero-order valence-electron chi connectivity index (χ0n) is 9.62. The highest BCUT2D eigenvalue weighted by atomic mass is 16.3. The summed E-state index contributed by atoms with van der Waals surface area (Å²) in [7, 11) is 1.66. The predicted octanol–water partition coefficient (Wildman–Crippen LogP) is -0.258. The first-order valence-corrected chi connectivity index (χ1v) is 5.16. The minimum absolute atomic E-state index is 0.0307. The van der Waals surface area contributed by atoms with Crippen molar-refractivity contribution in [2.75, 3.05) is 20.1 Å². The second-order valence-electron chi connectivity index (χ2n) is 3.58. The van der Waals surface area contributed by atoms with Crippen LogP contribution in [0.2, 0.25) is 0 Å². The van der Waals surface area contributed by atoms with Crippen LogP contribution in [-0.2, 0) is 9.59 Å². The van der Waals surface area contributed by atoms with Gasteiger partial charge in [-0.15, -0.1) is 0 Å². The van der Waals surface area contributed by atoms with Crippen molar-refractivity contribution in [1.82, 2.24) is 10.2 Å². The summed E-state index contributed by atoms with van der Waals surface area (Å²) in [5.41, 5.74) is 0. The van der Waals surface area contributed by atoms with Gasteiger partial charge < -0.3 is 15.3 Å². The summed E-state index contributed by atoms with van der Waals surface area (Å²) in [6.45, 7) is 3.94. The van der Waals surface area contributed by atoms with Crippen LogP contribution < -0.4 is 5.32 Å². The van der Waals surface area contributed by atoms with Gasteiger partial charge in [-0.05, 0) is 13.3 Å². The zero-order valence-corrected chi connectivity index (χ0v) is 9.62. The van der Waals surface area contributed by atoms with Gasteiger partial charge in [0.2, 0.25) is 11.8 Å². The number of nitrogens with zero attached hydrogens (tertiary/aromatic N) is 1. The van der Waals surface area contributed by atoms with Crippen LogP contribution in [0.15, 0.2) is 0 Å². The van der Waals surface area contributed by atoms with Crippen molar-refractivity contribution in [2.45, 2.75) is 32.8 Å². The predicted molar refractivity (Wildman–Crippen MR) is 57.2 cm³/mol. The lowest BCUT2D eigenvalue weighted by Gasteiger charge is -2.18. The molecule has 1 unspecified atom stereocenters. The topological polar surface area (TPSA) is 69.6 Å². The van der Waals surface area contributed by atoms with Gasteiger partial charge in [0.05, 0.1) is 12.6 Å². The van der Waals surface area contributed by atoms with Crippen molar-refractivity contribution in [2.24, 2.45) is 0 Å². The minimum atomic E-state index is -0.412. The first kappa shape index (κ1) is 13.9. The molecule has 0 aromatic rings. The number of hydrogen-bond donors (Lipinski definition) is 2. The molecule has 0 saturated carbocycles.